The summed E-state index contributed by atoms with van der Waals surface area (Å²) < 4.78 is 23.4. The van der Waals surface area contributed by atoms with Gasteiger partial charge in [0.1, 0.15) is 12.2 Å². The Labute approximate surface area is 361 Å². The van der Waals surface area contributed by atoms with Gasteiger partial charge in [0.05, 0.1) is 17.8 Å². The molecule has 0 aromatic rings. The second kappa shape index (κ2) is 34.4. The van der Waals surface area contributed by atoms with Crippen molar-refractivity contribution in [2.24, 2.45) is 0 Å². The van der Waals surface area contributed by atoms with Crippen LogP contribution in [0.3, 0.4) is 0 Å². The van der Waals surface area contributed by atoms with Crippen molar-refractivity contribution in [3.8, 4) is 0 Å². The summed E-state index contributed by atoms with van der Waals surface area (Å²) in [6.07, 6.45) is 29.4. The van der Waals surface area contributed by atoms with E-state index in [1.807, 2.05) is 27.7 Å². The third kappa shape index (κ3) is 32.2. The highest BCUT2D eigenvalue weighted by atomic mass is 16.6. The van der Waals surface area contributed by atoms with Crippen molar-refractivity contribution in [1.82, 2.24) is 10.6 Å². The van der Waals surface area contributed by atoms with Crippen molar-refractivity contribution in [1.29, 1.82) is 0 Å². The normalized spacial score (nSPS) is 17.1. The highest BCUT2D eigenvalue weighted by molar-refractivity contribution is 5.83. The van der Waals surface area contributed by atoms with Crippen molar-refractivity contribution in [3.63, 3.8) is 0 Å². The summed E-state index contributed by atoms with van der Waals surface area (Å²) >= 11 is 0. The molecule has 0 aromatic carbocycles. The van der Waals surface area contributed by atoms with Gasteiger partial charge in [-0.25, -0.2) is 0 Å². The van der Waals surface area contributed by atoms with Crippen LogP contribution >= 0.6 is 0 Å². The third-order valence-electron chi connectivity index (χ3n) is 11.9. The second-order valence-corrected chi connectivity index (χ2v) is 18.7. The predicted molar refractivity (Wildman–Crippen MR) is 240 cm³/mol. The van der Waals surface area contributed by atoms with Gasteiger partial charge in [-0.3, -0.25) is 19.2 Å². The highest BCUT2D eigenvalue weighted by Gasteiger charge is 2.34. The molecule has 59 heavy (non-hydrogen) atoms. The SMILES string of the molecule is CCCCCCCCCCCCCC(=O)OC1CC(NC(=O)CCC(=O)NCCC(C)(C)OCCC(C)(C)OC)CC(OC(=O)CCCCCCCCCCCCC)C1. The Morgan fingerprint density at radius 2 is 0.915 bits per heavy atom. The molecule has 0 spiro atoms. The van der Waals surface area contributed by atoms with E-state index < -0.39 is 17.8 Å². The monoisotopic (exact) mass is 837 g/mol. The van der Waals surface area contributed by atoms with Gasteiger partial charge < -0.3 is 29.6 Å². The van der Waals surface area contributed by atoms with Gasteiger partial charge in [0.15, 0.2) is 0 Å². The molecule has 2 unspecified atom stereocenters. The topological polar surface area (TPSA) is 129 Å². The fourth-order valence-electron chi connectivity index (χ4n) is 7.75. The number of rotatable bonds is 38. The zero-order valence-electron chi connectivity index (χ0n) is 39.3. The van der Waals surface area contributed by atoms with E-state index in [1.165, 1.54) is 103 Å². The Balaban J connectivity index is 2.54. The number of hydrogen-bond acceptors (Lipinski definition) is 8. The van der Waals surface area contributed by atoms with Crippen LogP contribution in [0, 0.1) is 0 Å². The Hall–Kier alpha value is -2.20. The summed E-state index contributed by atoms with van der Waals surface area (Å²) in [7, 11) is 1.69. The Kier molecular flexibility index (Phi) is 32.0. The molecule has 0 aromatic heterocycles. The minimum Gasteiger partial charge on any atom is -0.462 e. The lowest BCUT2D eigenvalue weighted by molar-refractivity contribution is -0.160. The maximum atomic E-state index is 13.0. The number of hydrogen-bond donors (Lipinski definition) is 2. The van der Waals surface area contributed by atoms with E-state index in [0.717, 1.165) is 44.9 Å². The molecular weight excluding hydrogens is 745 g/mol. The van der Waals surface area contributed by atoms with Crippen LogP contribution < -0.4 is 10.6 Å². The molecule has 1 fully saturated rings. The summed E-state index contributed by atoms with van der Waals surface area (Å²) in [6.45, 7) is 13.6. The molecule has 1 saturated carbocycles. The fraction of sp³-hybridized carbons (Fsp3) is 0.918. The van der Waals surface area contributed by atoms with E-state index in [9.17, 15) is 19.2 Å². The maximum Gasteiger partial charge on any atom is 0.306 e. The van der Waals surface area contributed by atoms with E-state index in [4.69, 9.17) is 18.9 Å². The first-order valence-corrected chi connectivity index (χ1v) is 24.4. The van der Waals surface area contributed by atoms with E-state index in [2.05, 4.69) is 24.5 Å². The molecule has 10 nitrogen and oxygen atoms in total. The second-order valence-electron chi connectivity index (χ2n) is 18.7. The number of amides is 2. The summed E-state index contributed by atoms with van der Waals surface area (Å²) in [6, 6.07) is -0.320. The first-order valence-electron chi connectivity index (χ1n) is 24.4. The fourth-order valence-corrected chi connectivity index (χ4v) is 7.75. The molecule has 0 aliphatic heterocycles. The number of esters is 2. The molecule has 1 rings (SSSR count). The summed E-state index contributed by atoms with van der Waals surface area (Å²) in [4.78, 5) is 51.5. The van der Waals surface area contributed by atoms with Gasteiger partial charge in [0, 0.05) is 64.6 Å². The van der Waals surface area contributed by atoms with Crippen molar-refractivity contribution in [3.05, 3.63) is 0 Å². The number of ether oxygens (including phenoxy) is 4. The summed E-state index contributed by atoms with van der Waals surface area (Å²) in [5.41, 5.74) is -0.660. The molecule has 346 valence electrons. The van der Waals surface area contributed by atoms with Crippen molar-refractivity contribution in [2.45, 2.75) is 270 Å². The highest BCUT2D eigenvalue weighted by Crippen LogP contribution is 2.26. The first kappa shape index (κ1) is 54.8. The van der Waals surface area contributed by atoms with Crippen molar-refractivity contribution < 1.29 is 38.1 Å². The molecule has 0 radical (unpaired) electrons. The van der Waals surface area contributed by atoms with Gasteiger partial charge >= 0.3 is 11.9 Å². The van der Waals surface area contributed by atoms with Crippen molar-refractivity contribution in [2.75, 3.05) is 20.3 Å². The summed E-state index contributed by atoms with van der Waals surface area (Å²) in [5.74, 6) is -0.891. The van der Waals surface area contributed by atoms with Crippen LogP contribution in [0.25, 0.3) is 0 Å². The molecule has 10 heteroatoms. The standard InChI is InChI=1S/C49H92N2O8/c1-8-10-12-14-16-18-20-22-24-26-28-30-46(54)58-42-38-41(39-43(40-42)59-47(55)31-29-27-25-23-21-19-17-15-13-11-9-2)51-45(53)33-32-44(52)50-36-34-49(5,6)57-37-35-48(3,4)56-7/h41-43H,8-40H2,1-7H3,(H,50,52)(H,51,53). The molecule has 1 aliphatic carbocycles. The molecule has 0 heterocycles. The lowest BCUT2D eigenvalue weighted by Gasteiger charge is -2.34. The molecule has 0 bridgehead atoms. The maximum absolute atomic E-state index is 13.0. The number of unbranched alkanes of at least 4 members (excludes halogenated alkanes) is 20. The number of carbonyl (C=O) groups excluding carboxylic acids is 4. The van der Waals surface area contributed by atoms with Crippen LogP contribution in [0.2, 0.25) is 0 Å². The van der Waals surface area contributed by atoms with Crippen LogP contribution in [0.1, 0.15) is 241 Å². The third-order valence-corrected chi connectivity index (χ3v) is 11.9. The van der Waals surface area contributed by atoms with Gasteiger partial charge in [0.2, 0.25) is 11.8 Å². The van der Waals surface area contributed by atoms with Crippen LogP contribution in [-0.4, -0.2) is 73.5 Å². The zero-order valence-corrected chi connectivity index (χ0v) is 39.3. The molecule has 0 saturated heterocycles. The van der Waals surface area contributed by atoms with E-state index in [1.54, 1.807) is 7.11 Å². The minimum absolute atomic E-state index is 0.0426. The smallest absolute Gasteiger partial charge is 0.306 e. The Morgan fingerprint density at radius 1 is 0.508 bits per heavy atom. The molecular formula is C49H92N2O8. The van der Waals surface area contributed by atoms with Gasteiger partial charge in [-0.15, -0.1) is 0 Å². The Morgan fingerprint density at radius 3 is 1.34 bits per heavy atom. The number of methoxy groups -OCH3 is 1. The van der Waals surface area contributed by atoms with Crippen LogP contribution in [0.4, 0.5) is 0 Å². The number of nitrogens with one attached hydrogen (secondary N) is 2. The average molecular weight is 837 g/mol. The molecule has 2 amide bonds. The Bertz CT molecular complexity index is 1050. The molecule has 2 N–H and O–H groups in total. The number of carbonyl (C=O) groups is 4. The quantitative estimate of drug-likeness (QED) is 0.0464. The van der Waals surface area contributed by atoms with Crippen molar-refractivity contribution >= 4 is 23.8 Å². The average Bonchev–Trinajstić information content (AvgIpc) is 3.18. The van der Waals surface area contributed by atoms with E-state index in [-0.39, 0.29) is 48.2 Å². The van der Waals surface area contributed by atoms with E-state index >= 15 is 0 Å². The van der Waals surface area contributed by atoms with Gasteiger partial charge in [-0.2, -0.15) is 0 Å². The van der Waals surface area contributed by atoms with Gasteiger partial charge in [-0.05, 0) is 53.4 Å². The first-order chi connectivity index (χ1) is 28.3. The molecule has 2 atom stereocenters. The van der Waals surface area contributed by atoms with Crippen LogP contribution in [-0.2, 0) is 38.1 Å². The predicted octanol–water partition coefficient (Wildman–Crippen LogP) is 11.8. The zero-order chi connectivity index (χ0) is 43.6. The van der Waals surface area contributed by atoms with Gasteiger partial charge in [-0.1, -0.05) is 142 Å². The lowest BCUT2D eigenvalue weighted by Crippen LogP contribution is -2.46. The lowest BCUT2D eigenvalue weighted by atomic mass is 9.90. The van der Waals surface area contributed by atoms with E-state index in [0.29, 0.717) is 51.7 Å². The van der Waals surface area contributed by atoms with Crippen LogP contribution in [0.5, 0.6) is 0 Å². The summed E-state index contributed by atoms with van der Waals surface area (Å²) in [5, 5.41) is 5.97. The largest absolute Gasteiger partial charge is 0.462 e. The minimum atomic E-state index is -0.441. The van der Waals surface area contributed by atoms with Gasteiger partial charge in [0.25, 0.3) is 0 Å². The van der Waals surface area contributed by atoms with Crippen LogP contribution in [0.15, 0.2) is 0 Å². The molecule has 1 aliphatic rings.